The van der Waals surface area contributed by atoms with Crippen molar-refractivity contribution >= 4 is 27.3 Å². The number of thiazole rings is 1. The van der Waals surface area contributed by atoms with Crippen LogP contribution in [0, 0.1) is 0 Å². The smallest absolute Gasteiger partial charge is 0.124 e. The molecule has 0 aliphatic heterocycles. The van der Waals surface area contributed by atoms with E-state index in [0.717, 1.165) is 27.2 Å². The third-order valence-electron chi connectivity index (χ3n) is 3.07. The Morgan fingerprint density at radius 3 is 2.72 bits per heavy atom. The van der Waals surface area contributed by atoms with Crippen LogP contribution in [0.25, 0.3) is 10.6 Å². The van der Waals surface area contributed by atoms with Gasteiger partial charge in [-0.25, -0.2) is 4.98 Å². The van der Waals surface area contributed by atoms with Crippen molar-refractivity contribution in [2.45, 2.75) is 25.7 Å². The minimum atomic E-state index is 0.0464. The van der Waals surface area contributed by atoms with Crippen LogP contribution in [0.5, 0.6) is 0 Å². The van der Waals surface area contributed by atoms with E-state index in [4.69, 9.17) is 10.7 Å². The summed E-state index contributed by atoms with van der Waals surface area (Å²) in [4.78, 5) is 4.76. The molecule has 0 aliphatic rings. The summed E-state index contributed by atoms with van der Waals surface area (Å²) in [6, 6.07) is 8.18. The van der Waals surface area contributed by atoms with Crippen molar-refractivity contribution in [3.8, 4) is 10.6 Å². The molecule has 0 unspecified atom stereocenters. The monoisotopic (exact) mass is 324 g/mol. The van der Waals surface area contributed by atoms with Crippen molar-refractivity contribution in [2.75, 3.05) is 6.54 Å². The molecule has 2 rings (SSSR count). The fraction of sp³-hybridized carbons (Fsp3) is 0.357. The van der Waals surface area contributed by atoms with Crippen LogP contribution in [0.1, 0.15) is 26.0 Å². The Morgan fingerprint density at radius 1 is 1.33 bits per heavy atom. The van der Waals surface area contributed by atoms with E-state index in [0.29, 0.717) is 6.54 Å². The summed E-state index contributed by atoms with van der Waals surface area (Å²) in [5.41, 5.74) is 7.99. The van der Waals surface area contributed by atoms with E-state index in [9.17, 15) is 0 Å². The van der Waals surface area contributed by atoms with Crippen molar-refractivity contribution in [2.24, 2.45) is 5.73 Å². The average Bonchev–Trinajstić information content (AvgIpc) is 2.79. The predicted molar refractivity (Wildman–Crippen MR) is 81.9 cm³/mol. The summed E-state index contributed by atoms with van der Waals surface area (Å²) in [6.07, 6.45) is 0.951. The van der Waals surface area contributed by atoms with Crippen LogP contribution >= 0.6 is 27.3 Å². The molecule has 0 atom stereocenters. The van der Waals surface area contributed by atoms with Gasteiger partial charge in [0.15, 0.2) is 0 Å². The highest BCUT2D eigenvalue weighted by atomic mass is 79.9. The third kappa shape index (κ3) is 2.82. The van der Waals surface area contributed by atoms with Gasteiger partial charge in [0.25, 0.3) is 0 Å². The average molecular weight is 325 g/mol. The minimum Gasteiger partial charge on any atom is -0.330 e. The quantitative estimate of drug-likeness (QED) is 0.915. The number of aromatic nitrogens is 1. The molecule has 0 saturated heterocycles. The first-order valence-electron chi connectivity index (χ1n) is 5.95. The zero-order valence-electron chi connectivity index (χ0n) is 10.6. The van der Waals surface area contributed by atoms with E-state index in [2.05, 4.69) is 41.2 Å². The number of nitrogens with zero attached hydrogens (tertiary/aromatic N) is 1. The maximum absolute atomic E-state index is 5.66. The topological polar surface area (TPSA) is 38.9 Å². The second-order valence-corrected chi connectivity index (χ2v) is 6.65. The van der Waals surface area contributed by atoms with E-state index in [1.165, 1.54) is 0 Å². The second-order valence-electron chi connectivity index (χ2n) is 4.94. The van der Waals surface area contributed by atoms with Gasteiger partial charge in [0.1, 0.15) is 5.01 Å². The molecule has 96 valence electrons. The molecule has 1 aromatic carbocycles. The SMILES string of the molecule is CC(C)(CCN)c1csc(-c2ccccc2Br)n1. The van der Waals surface area contributed by atoms with Gasteiger partial charge in [0.05, 0.1) is 5.69 Å². The van der Waals surface area contributed by atoms with Gasteiger partial charge in [0.2, 0.25) is 0 Å². The molecule has 1 aromatic heterocycles. The van der Waals surface area contributed by atoms with E-state index < -0.39 is 0 Å². The van der Waals surface area contributed by atoms with Crippen LogP contribution in [0.15, 0.2) is 34.1 Å². The lowest BCUT2D eigenvalue weighted by Gasteiger charge is -2.21. The van der Waals surface area contributed by atoms with Crippen LogP contribution in [0.3, 0.4) is 0 Å². The zero-order valence-corrected chi connectivity index (χ0v) is 13.0. The maximum atomic E-state index is 5.66. The molecule has 18 heavy (non-hydrogen) atoms. The Balaban J connectivity index is 2.34. The summed E-state index contributed by atoms with van der Waals surface area (Å²) in [7, 11) is 0. The first kappa shape index (κ1) is 13.7. The largest absolute Gasteiger partial charge is 0.330 e. The molecule has 0 fully saturated rings. The van der Waals surface area contributed by atoms with Gasteiger partial charge in [0, 0.05) is 20.8 Å². The number of hydrogen-bond acceptors (Lipinski definition) is 3. The molecule has 2 aromatic rings. The van der Waals surface area contributed by atoms with E-state index in [1.54, 1.807) is 11.3 Å². The lowest BCUT2D eigenvalue weighted by molar-refractivity contribution is 0.476. The molecule has 2 N–H and O–H groups in total. The summed E-state index contributed by atoms with van der Waals surface area (Å²) in [6.45, 7) is 5.08. The maximum Gasteiger partial charge on any atom is 0.124 e. The molecule has 0 spiro atoms. The predicted octanol–water partition coefficient (Wildman–Crippen LogP) is 4.20. The Kier molecular flexibility index (Phi) is 4.20. The van der Waals surface area contributed by atoms with Gasteiger partial charge in [-0.15, -0.1) is 11.3 Å². The summed E-state index contributed by atoms with van der Waals surface area (Å²) in [5, 5.41) is 3.20. The Morgan fingerprint density at radius 2 is 2.06 bits per heavy atom. The highest BCUT2D eigenvalue weighted by Gasteiger charge is 2.23. The Hall–Kier alpha value is -0.710. The van der Waals surface area contributed by atoms with Gasteiger partial charge in [-0.3, -0.25) is 0 Å². The molecular weight excluding hydrogens is 308 g/mol. The number of hydrogen-bond donors (Lipinski definition) is 1. The van der Waals surface area contributed by atoms with Crippen LogP contribution in [-0.2, 0) is 5.41 Å². The van der Waals surface area contributed by atoms with Crippen molar-refractivity contribution in [1.29, 1.82) is 0 Å². The lowest BCUT2D eigenvalue weighted by atomic mass is 9.86. The third-order valence-corrected chi connectivity index (χ3v) is 4.64. The minimum absolute atomic E-state index is 0.0464. The molecule has 2 nitrogen and oxygen atoms in total. The summed E-state index contributed by atoms with van der Waals surface area (Å²) >= 11 is 5.26. The highest BCUT2D eigenvalue weighted by molar-refractivity contribution is 9.10. The lowest BCUT2D eigenvalue weighted by Crippen LogP contribution is -2.22. The number of benzene rings is 1. The van der Waals surface area contributed by atoms with Crippen LogP contribution in [-0.4, -0.2) is 11.5 Å². The number of nitrogens with two attached hydrogens (primary N) is 1. The van der Waals surface area contributed by atoms with Crippen LogP contribution in [0.4, 0.5) is 0 Å². The Bertz CT molecular complexity index is 534. The van der Waals surface area contributed by atoms with Crippen molar-refractivity contribution < 1.29 is 0 Å². The van der Waals surface area contributed by atoms with E-state index >= 15 is 0 Å². The van der Waals surface area contributed by atoms with Crippen LogP contribution < -0.4 is 5.73 Å². The summed E-state index contributed by atoms with van der Waals surface area (Å²) in [5.74, 6) is 0. The van der Waals surface area contributed by atoms with Gasteiger partial charge in [-0.2, -0.15) is 0 Å². The van der Waals surface area contributed by atoms with Crippen LogP contribution in [0.2, 0.25) is 0 Å². The van der Waals surface area contributed by atoms with E-state index in [1.807, 2.05) is 18.2 Å². The molecule has 0 amide bonds. The van der Waals surface area contributed by atoms with Gasteiger partial charge in [-0.05, 0) is 19.0 Å². The molecule has 0 saturated carbocycles. The standard InChI is InChI=1S/C14H17BrN2S/c1-14(2,7-8-16)12-9-18-13(17-12)10-5-3-4-6-11(10)15/h3-6,9H,7-8,16H2,1-2H3. The molecular formula is C14H17BrN2S. The van der Waals surface area contributed by atoms with Gasteiger partial charge < -0.3 is 5.73 Å². The van der Waals surface area contributed by atoms with Gasteiger partial charge >= 0.3 is 0 Å². The molecule has 0 radical (unpaired) electrons. The van der Waals surface area contributed by atoms with Crippen molar-refractivity contribution in [3.63, 3.8) is 0 Å². The second kappa shape index (κ2) is 5.51. The summed E-state index contributed by atoms with van der Waals surface area (Å²) < 4.78 is 1.09. The van der Waals surface area contributed by atoms with Gasteiger partial charge in [-0.1, -0.05) is 48.0 Å². The van der Waals surface area contributed by atoms with Crippen molar-refractivity contribution in [3.05, 3.63) is 39.8 Å². The first-order valence-corrected chi connectivity index (χ1v) is 7.63. The van der Waals surface area contributed by atoms with Crippen molar-refractivity contribution in [1.82, 2.24) is 4.98 Å². The fourth-order valence-corrected chi connectivity index (χ4v) is 3.49. The Labute approximate surface area is 120 Å². The normalized spacial score (nSPS) is 11.8. The fourth-order valence-electron chi connectivity index (χ4n) is 1.83. The first-order chi connectivity index (χ1) is 8.54. The molecule has 0 aliphatic carbocycles. The molecule has 4 heteroatoms. The number of rotatable bonds is 4. The molecule has 1 heterocycles. The zero-order chi connectivity index (χ0) is 13.2. The molecule has 0 bridgehead atoms. The highest BCUT2D eigenvalue weighted by Crippen LogP contribution is 2.34. The number of halogens is 1. The van der Waals surface area contributed by atoms with E-state index in [-0.39, 0.29) is 5.41 Å².